The van der Waals surface area contributed by atoms with Gasteiger partial charge < -0.3 is 5.32 Å². The molecule has 0 saturated carbocycles. The van der Waals surface area contributed by atoms with E-state index in [1.54, 1.807) is 25.0 Å². The Kier molecular flexibility index (Phi) is 4.04. The van der Waals surface area contributed by atoms with Gasteiger partial charge in [0.05, 0.1) is 17.8 Å². The summed E-state index contributed by atoms with van der Waals surface area (Å²) in [6, 6.07) is 2.54. The van der Waals surface area contributed by atoms with E-state index in [1.165, 1.54) is 6.07 Å². The third-order valence-electron chi connectivity index (χ3n) is 3.50. The van der Waals surface area contributed by atoms with Crippen molar-refractivity contribution in [1.29, 1.82) is 0 Å². The number of nitrogens with one attached hydrogen (secondary N) is 1. The highest BCUT2D eigenvalue weighted by Crippen LogP contribution is 2.34. The maximum atomic E-state index is 13.4. The Hall–Kier alpha value is -1.89. The van der Waals surface area contributed by atoms with Crippen LogP contribution in [-0.2, 0) is 13.2 Å². The molecule has 0 aliphatic rings. The highest BCUT2D eigenvalue weighted by atomic mass is 19.4. The molecule has 21 heavy (non-hydrogen) atoms. The molecule has 0 spiro atoms. The monoisotopic (exact) mass is 301 g/mol. The maximum Gasteiger partial charge on any atom is 0.419 e. The second-order valence-electron chi connectivity index (χ2n) is 4.77. The van der Waals surface area contributed by atoms with E-state index in [9.17, 15) is 17.6 Å². The normalized spacial score (nSPS) is 13.5. The Labute approximate surface area is 119 Å². The first kappa shape index (κ1) is 15.5. The lowest BCUT2D eigenvalue weighted by Gasteiger charge is -2.18. The van der Waals surface area contributed by atoms with E-state index in [-0.39, 0.29) is 0 Å². The molecule has 114 valence electrons. The number of hydrogen-bond acceptors (Lipinski definition) is 2. The molecule has 1 atom stereocenters. The van der Waals surface area contributed by atoms with Gasteiger partial charge in [0.25, 0.3) is 0 Å². The number of aryl methyl sites for hydroxylation is 1. The molecule has 3 nitrogen and oxygen atoms in total. The van der Waals surface area contributed by atoms with Gasteiger partial charge in [-0.1, -0.05) is 6.07 Å². The van der Waals surface area contributed by atoms with E-state index in [1.807, 2.05) is 6.92 Å². The molecule has 1 heterocycles. The SMILES string of the molecule is CNC(c1ccc(F)c(C(F)(F)F)c1)c1cnn(C)c1C. The molecule has 0 aliphatic carbocycles. The van der Waals surface area contributed by atoms with E-state index in [4.69, 9.17) is 0 Å². The molecular weight excluding hydrogens is 286 g/mol. The molecular formula is C14H15F4N3. The van der Waals surface area contributed by atoms with Crippen molar-refractivity contribution in [2.75, 3.05) is 7.05 Å². The van der Waals surface area contributed by atoms with Crippen LogP contribution in [0.4, 0.5) is 17.6 Å². The molecule has 2 aromatic rings. The molecule has 1 N–H and O–H groups in total. The van der Waals surface area contributed by atoms with Gasteiger partial charge in [0.1, 0.15) is 5.82 Å². The summed E-state index contributed by atoms with van der Waals surface area (Å²) in [7, 11) is 3.38. The van der Waals surface area contributed by atoms with Crippen molar-refractivity contribution in [2.45, 2.75) is 19.1 Å². The predicted octanol–water partition coefficient (Wildman–Crippen LogP) is 3.20. The van der Waals surface area contributed by atoms with Crippen molar-refractivity contribution in [1.82, 2.24) is 15.1 Å². The fraction of sp³-hybridized carbons (Fsp3) is 0.357. The fourth-order valence-electron chi connectivity index (χ4n) is 2.24. The van der Waals surface area contributed by atoms with Crippen LogP contribution in [0.15, 0.2) is 24.4 Å². The minimum atomic E-state index is -4.72. The summed E-state index contributed by atoms with van der Waals surface area (Å²) in [6.45, 7) is 1.82. The summed E-state index contributed by atoms with van der Waals surface area (Å²) < 4.78 is 53.4. The average Bonchev–Trinajstić information content (AvgIpc) is 2.72. The minimum Gasteiger partial charge on any atom is -0.309 e. The molecule has 0 bridgehead atoms. The van der Waals surface area contributed by atoms with E-state index in [2.05, 4.69) is 10.4 Å². The first-order valence-corrected chi connectivity index (χ1v) is 6.28. The summed E-state index contributed by atoms with van der Waals surface area (Å²) in [5, 5.41) is 7.02. The molecule has 0 saturated heterocycles. The van der Waals surface area contributed by atoms with Crippen LogP contribution in [0, 0.1) is 12.7 Å². The van der Waals surface area contributed by atoms with Gasteiger partial charge in [-0.3, -0.25) is 4.68 Å². The van der Waals surface area contributed by atoms with Crippen molar-refractivity contribution in [3.63, 3.8) is 0 Å². The van der Waals surface area contributed by atoms with Crippen LogP contribution in [0.3, 0.4) is 0 Å². The second kappa shape index (κ2) is 5.48. The number of nitrogens with zero attached hydrogens (tertiary/aromatic N) is 2. The third-order valence-corrected chi connectivity index (χ3v) is 3.50. The first-order chi connectivity index (χ1) is 9.75. The van der Waals surface area contributed by atoms with Gasteiger partial charge >= 0.3 is 6.18 Å². The minimum absolute atomic E-state index is 0.335. The van der Waals surface area contributed by atoms with Gasteiger partial charge in [0, 0.05) is 18.3 Å². The molecule has 1 aromatic heterocycles. The summed E-state index contributed by atoms with van der Waals surface area (Å²) in [5.74, 6) is -1.27. The van der Waals surface area contributed by atoms with E-state index < -0.39 is 23.6 Å². The van der Waals surface area contributed by atoms with Crippen LogP contribution in [0.1, 0.15) is 28.4 Å². The number of rotatable bonds is 3. The van der Waals surface area contributed by atoms with Crippen LogP contribution >= 0.6 is 0 Å². The average molecular weight is 301 g/mol. The van der Waals surface area contributed by atoms with Gasteiger partial charge in [-0.2, -0.15) is 18.3 Å². The molecule has 0 aliphatic heterocycles. The first-order valence-electron chi connectivity index (χ1n) is 6.28. The number of hydrogen-bond donors (Lipinski definition) is 1. The molecule has 0 amide bonds. The zero-order valence-electron chi connectivity index (χ0n) is 11.8. The standard InChI is InChI=1S/C14H15F4N3/c1-8-10(7-20-21(8)3)13(19-2)9-4-5-12(15)11(6-9)14(16,17)18/h4-7,13,19H,1-3H3. The Morgan fingerprint density at radius 3 is 2.43 bits per heavy atom. The molecule has 0 radical (unpaired) electrons. The summed E-state index contributed by atoms with van der Waals surface area (Å²) in [4.78, 5) is 0. The summed E-state index contributed by atoms with van der Waals surface area (Å²) in [6.07, 6.45) is -3.13. The lowest BCUT2D eigenvalue weighted by atomic mass is 9.97. The Balaban J connectivity index is 2.51. The van der Waals surface area contributed by atoms with Crippen LogP contribution in [-0.4, -0.2) is 16.8 Å². The van der Waals surface area contributed by atoms with Crippen molar-refractivity contribution in [2.24, 2.45) is 7.05 Å². The van der Waals surface area contributed by atoms with Crippen LogP contribution in [0.25, 0.3) is 0 Å². The largest absolute Gasteiger partial charge is 0.419 e. The van der Waals surface area contributed by atoms with Gasteiger partial charge in [-0.05, 0) is 31.7 Å². The van der Waals surface area contributed by atoms with Gasteiger partial charge in [-0.25, -0.2) is 4.39 Å². The van der Waals surface area contributed by atoms with Gasteiger partial charge in [0.2, 0.25) is 0 Å². The molecule has 1 aromatic carbocycles. The lowest BCUT2D eigenvalue weighted by molar-refractivity contribution is -0.140. The number of halogens is 4. The lowest BCUT2D eigenvalue weighted by Crippen LogP contribution is -2.19. The molecule has 0 fully saturated rings. The highest BCUT2D eigenvalue weighted by Gasteiger charge is 2.35. The highest BCUT2D eigenvalue weighted by molar-refractivity contribution is 5.36. The maximum absolute atomic E-state index is 13.4. The molecule has 7 heteroatoms. The van der Waals surface area contributed by atoms with Crippen LogP contribution in [0.5, 0.6) is 0 Å². The van der Waals surface area contributed by atoms with Crippen LogP contribution in [0.2, 0.25) is 0 Å². The van der Waals surface area contributed by atoms with Crippen molar-refractivity contribution in [3.05, 3.63) is 52.6 Å². The Bertz CT molecular complexity index is 646. The number of benzene rings is 1. The quantitative estimate of drug-likeness (QED) is 0.882. The molecule has 1 unspecified atom stereocenters. The summed E-state index contributed by atoms with van der Waals surface area (Å²) >= 11 is 0. The van der Waals surface area contributed by atoms with E-state index in [0.717, 1.165) is 23.4 Å². The Morgan fingerprint density at radius 1 is 1.29 bits per heavy atom. The second-order valence-corrected chi connectivity index (χ2v) is 4.77. The zero-order valence-corrected chi connectivity index (χ0v) is 11.8. The van der Waals surface area contributed by atoms with E-state index >= 15 is 0 Å². The van der Waals surface area contributed by atoms with Crippen LogP contribution < -0.4 is 5.32 Å². The Morgan fingerprint density at radius 2 is 1.95 bits per heavy atom. The van der Waals surface area contributed by atoms with Gasteiger partial charge in [0.15, 0.2) is 0 Å². The smallest absolute Gasteiger partial charge is 0.309 e. The third kappa shape index (κ3) is 2.92. The topological polar surface area (TPSA) is 29.9 Å². The van der Waals surface area contributed by atoms with Crippen molar-refractivity contribution in [3.8, 4) is 0 Å². The van der Waals surface area contributed by atoms with E-state index in [0.29, 0.717) is 5.56 Å². The zero-order chi connectivity index (χ0) is 15.8. The number of aromatic nitrogens is 2. The fourth-order valence-corrected chi connectivity index (χ4v) is 2.24. The predicted molar refractivity (Wildman–Crippen MR) is 70.2 cm³/mol. The number of alkyl halides is 3. The van der Waals surface area contributed by atoms with Crippen molar-refractivity contribution < 1.29 is 17.6 Å². The summed E-state index contributed by atoms with van der Waals surface area (Å²) in [5.41, 5.74) is 0.649. The van der Waals surface area contributed by atoms with Crippen molar-refractivity contribution >= 4 is 0 Å². The molecule has 2 rings (SSSR count). The van der Waals surface area contributed by atoms with Gasteiger partial charge in [-0.15, -0.1) is 0 Å².